The summed E-state index contributed by atoms with van der Waals surface area (Å²) in [5, 5.41) is 0. The number of carbonyl (C=O) groups excluding carboxylic acids is 1. The third kappa shape index (κ3) is 4.79. The zero-order valence-electron chi connectivity index (χ0n) is 6.56. The Morgan fingerprint density at radius 2 is 2.00 bits per heavy atom. The lowest BCUT2D eigenvalue weighted by Crippen LogP contribution is -2.16. The Morgan fingerprint density at radius 1 is 1.50 bits per heavy atom. The largest absolute Gasteiger partial charge is 0.465 e. The summed E-state index contributed by atoms with van der Waals surface area (Å²) in [4.78, 5) is 10.6. The van der Waals surface area contributed by atoms with Crippen LogP contribution < -0.4 is 0 Å². The number of halogens is 1. The van der Waals surface area contributed by atoms with Crippen molar-refractivity contribution in [3.8, 4) is 0 Å². The number of ether oxygens (including phenoxy) is 1. The molecule has 0 aromatic heterocycles. The van der Waals surface area contributed by atoms with E-state index < -0.39 is 0 Å². The van der Waals surface area contributed by atoms with Gasteiger partial charge in [-0.05, 0) is 12.8 Å². The lowest BCUT2D eigenvalue weighted by atomic mass is 10.2. The van der Waals surface area contributed by atoms with Gasteiger partial charge in [-0.15, -0.1) is 0 Å². The maximum atomic E-state index is 10.8. The maximum absolute atomic E-state index is 10.8. The molecule has 0 aliphatic rings. The van der Waals surface area contributed by atoms with Gasteiger partial charge in [-0.1, -0.05) is 29.8 Å². The van der Waals surface area contributed by atoms with Gasteiger partial charge in [0.2, 0.25) is 0 Å². The third-order valence-electron chi connectivity index (χ3n) is 0.884. The summed E-state index contributed by atoms with van der Waals surface area (Å²) in [5.74, 6) is 0.226. The highest BCUT2D eigenvalue weighted by Crippen LogP contribution is 2.01. The molecule has 10 heavy (non-hydrogen) atoms. The van der Waals surface area contributed by atoms with Crippen molar-refractivity contribution in [1.29, 1.82) is 0 Å². The van der Waals surface area contributed by atoms with Gasteiger partial charge in [0.1, 0.15) is 4.83 Å². The van der Waals surface area contributed by atoms with Crippen LogP contribution in [0.25, 0.3) is 0 Å². The monoisotopic (exact) mass is 208 g/mol. The van der Waals surface area contributed by atoms with E-state index >= 15 is 0 Å². The zero-order valence-corrected chi connectivity index (χ0v) is 8.14. The average Bonchev–Trinajstić information content (AvgIpc) is 1.82. The van der Waals surface area contributed by atoms with Crippen molar-refractivity contribution >= 4 is 21.9 Å². The zero-order chi connectivity index (χ0) is 8.15. The maximum Gasteiger partial charge on any atom is 0.319 e. The first-order valence-corrected chi connectivity index (χ1v) is 4.26. The van der Waals surface area contributed by atoms with Crippen molar-refractivity contribution in [1.82, 2.24) is 0 Å². The van der Waals surface area contributed by atoms with Gasteiger partial charge < -0.3 is 4.74 Å². The van der Waals surface area contributed by atoms with Gasteiger partial charge in [0.05, 0.1) is 6.61 Å². The Morgan fingerprint density at radius 3 is 2.30 bits per heavy atom. The topological polar surface area (TPSA) is 26.3 Å². The molecule has 0 aliphatic carbocycles. The summed E-state index contributed by atoms with van der Waals surface area (Å²) < 4.78 is 4.88. The SMILES string of the molecule is CC(C)COC(=O)[C@@H](C)Br. The minimum atomic E-state index is -0.189. The highest BCUT2D eigenvalue weighted by Gasteiger charge is 2.09. The number of carbonyl (C=O) groups is 1. The molecule has 0 heterocycles. The molecule has 0 saturated heterocycles. The summed E-state index contributed by atoms with van der Waals surface area (Å²) in [6.45, 7) is 6.27. The molecule has 0 saturated carbocycles. The molecule has 0 fully saturated rings. The van der Waals surface area contributed by atoms with Crippen LogP contribution in [-0.4, -0.2) is 17.4 Å². The second-order valence-electron chi connectivity index (χ2n) is 2.64. The van der Waals surface area contributed by atoms with E-state index in [1.165, 1.54) is 0 Å². The van der Waals surface area contributed by atoms with Crippen molar-refractivity contribution in [3.05, 3.63) is 0 Å². The van der Waals surface area contributed by atoms with Gasteiger partial charge in [-0.2, -0.15) is 0 Å². The normalized spacial score (nSPS) is 13.3. The highest BCUT2D eigenvalue weighted by atomic mass is 79.9. The van der Waals surface area contributed by atoms with Gasteiger partial charge in [-0.25, -0.2) is 0 Å². The molecule has 2 nitrogen and oxygen atoms in total. The smallest absolute Gasteiger partial charge is 0.319 e. The van der Waals surface area contributed by atoms with Gasteiger partial charge in [0, 0.05) is 0 Å². The summed E-state index contributed by atoms with van der Waals surface area (Å²) in [6.07, 6.45) is 0. The van der Waals surface area contributed by atoms with Gasteiger partial charge in [0.25, 0.3) is 0 Å². The molecule has 0 bridgehead atoms. The van der Waals surface area contributed by atoms with Crippen LogP contribution in [0.15, 0.2) is 0 Å². The van der Waals surface area contributed by atoms with Crippen LogP contribution in [-0.2, 0) is 9.53 Å². The molecule has 0 aromatic rings. The lowest BCUT2D eigenvalue weighted by Gasteiger charge is -2.07. The van der Waals surface area contributed by atoms with Crippen molar-refractivity contribution < 1.29 is 9.53 Å². The standard InChI is InChI=1S/C7H13BrO2/c1-5(2)4-10-7(9)6(3)8/h5-6H,4H2,1-3H3/t6-/m1/s1. The fourth-order valence-corrected chi connectivity index (χ4v) is 0.496. The molecule has 0 radical (unpaired) electrons. The minimum absolute atomic E-state index is 0.186. The van der Waals surface area contributed by atoms with Gasteiger partial charge in [-0.3, -0.25) is 4.79 Å². The van der Waals surface area contributed by atoms with Gasteiger partial charge >= 0.3 is 5.97 Å². The average molecular weight is 209 g/mol. The molecule has 60 valence electrons. The second-order valence-corrected chi connectivity index (χ2v) is 4.01. The third-order valence-corrected chi connectivity index (χ3v) is 1.26. The highest BCUT2D eigenvalue weighted by molar-refractivity contribution is 9.10. The fourth-order valence-electron chi connectivity index (χ4n) is 0.364. The Labute approximate surface area is 70.1 Å². The molecule has 0 spiro atoms. The Balaban J connectivity index is 3.40. The molecule has 3 heteroatoms. The summed E-state index contributed by atoms with van der Waals surface area (Å²) in [7, 11) is 0. The van der Waals surface area contributed by atoms with Crippen LogP contribution in [0.2, 0.25) is 0 Å². The van der Waals surface area contributed by atoms with E-state index in [2.05, 4.69) is 15.9 Å². The number of hydrogen-bond acceptors (Lipinski definition) is 2. The summed E-state index contributed by atoms with van der Waals surface area (Å²) in [6, 6.07) is 0. The van der Waals surface area contributed by atoms with E-state index in [0.29, 0.717) is 12.5 Å². The van der Waals surface area contributed by atoms with Crippen molar-refractivity contribution in [3.63, 3.8) is 0 Å². The van der Waals surface area contributed by atoms with Crippen molar-refractivity contribution in [2.45, 2.75) is 25.6 Å². The Bertz CT molecular complexity index is 110. The second kappa shape index (κ2) is 4.72. The summed E-state index contributed by atoms with van der Waals surface area (Å²) in [5.41, 5.74) is 0. The Hall–Kier alpha value is -0.0500. The first-order valence-electron chi connectivity index (χ1n) is 3.34. The quantitative estimate of drug-likeness (QED) is 0.524. The van der Waals surface area contributed by atoms with Crippen LogP contribution in [0, 0.1) is 5.92 Å². The number of esters is 1. The summed E-state index contributed by atoms with van der Waals surface area (Å²) >= 11 is 3.12. The van der Waals surface area contributed by atoms with E-state index in [9.17, 15) is 4.79 Å². The fraction of sp³-hybridized carbons (Fsp3) is 0.857. The van der Waals surface area contributed by atoms with Crippen LogP contribution >= 0.6 is 15.9 Å². The van der Waals surface area contributed by atoms with E-state index in [1.807, 2.05) is 13.8 Å². The van der Waals surface area contributed by atoms with E-state index in [4.69, 9.17) is 4.74 Å². The number of alkyl halides is 1. The van der Waals surface area contributed by atoms with Crippen LogP contribution in [0.3, 0.4) is 0 Å². The van der Waals surface area contributed by atoms with Crippen molar-refractivity contribution in [2.24, 2.45) is 5.92 Å². The van der Waals surface area contributed by atoms with Crippen LogP contribution in [0.4, 0.5) is 0 Å². The van der Waals surface area contributed by atoms with Crippen molar-refractivity contribution in [2.75, 3.05) is 6.61 Å². The lowest BCUT2D eigenvalue weighted by molar-refractivity contribution is -0.143. The van der Waals surface area contributed by atoms with E-state index in [-0.39, 0.29) is 10.8 Å². The van der Waals surface area contributed by atoms with E-state index in [0.717, 1.165) is 0 Å². The Kier molecular flexibility index (Phi) is 4.69. The van der Waals surface area contributed by atoms with Gasteiger partial charge in [0.15, 0.2) is 0 Å². The van der Waals surface area contributed by atoms with Crippen LogP contribution in [0.5, 0.6) is 0 Å². The minimum Gasteiger partial charge on any atom is -0.465 e. The predicted octanol–water partition coefficient (Wildman–Crippen LogP) is 1.97. The molecule has 0 rings (SSSR count). The molecule has 0 N–H and O–H groups in total. The number of hydrogen-bond donors (Lipinski definition) is 0. The molecule has 1 atom stereocenters. The first-order chi connectivity index (χ1) is 4.54. The predicted molar refractivity (Wildman–Crippen MR) is 44.2 cm³/mol. The molecule has 0 unspecified atom stereocenters. The van der Waals surface area contributed by atoms with E-state index in [1.54, 1.807) is 6.92 Å². The molecule has 0 aromatic carbocycles. The molecular formula is C7H13BrO2. The first kappa shape index (κ1) is 9.95. The van der Waals surface area contributed by atoms with Crippen LogP contribution in [0.1, 0.15) is 20.8 Å². The molecule has 0 amide bonds. The molecule has 0 aliphatic heterocycles. The molecular weight excluding hydrogens is 196 g/mol. The number of rotatable bonds is 3.